The van der Waals surface area contributed by atoms with Crippen LogP contribution in [0.15, 0.2) is 54.7 Å². The summed E-state index contributed by atoms with van der Waals surface area (Å²) in [5, 5.41) is 15.8. The summed E-state index contributed by atoms with van der Waals surface area (Å²) in [4.78, 5) is 83.1. The molecule has 18 nitrogen and oxygen atoms in total. The number of methoxy groups -OCH3 is 1. The maximum atomic E-state index is 14.8. The van der Waals surface area contributed by atoms with Gasteiger partial charge in [0.15, 0.2) is 11.0 Å². The number of pyridine rings is 1. The number of fused-ring (bicyclic) bond motifs is 6. The average molecular weight is 1000 g/mol. The highest BCUT2D eigenvalue weighted by molar-refractivity contribution is 5.95. The van der Waals surface area contributed by atoms with E-state index in [0.29, 0.717) is 63.2 Å². The van der Waals surface area contributed by atoms with E-state index in [1.807, 2.05) is 38.1 Å². The molecule has 0 unspecified atom stereocenters. The number of hydrogen-bond acceptors (Lipinski definition) is 12. The number of aryl methyl sites for hydroxylation is 1. The molecule has 2 aromatic carbocycles. The molecule has 0 radical (unpaired) electrons. The van der Waals surface area contributed by atoms with E-state index in [2.05, 4.69) is 81.5 Å². The predicted molar refractivity (Wildman–Crippen MR) is 275 cm³/mol. The molecular weight excluding hydrogens is 929 g/mol. The summed E-state index contributed by atoms with van der Waals surface area (Å²) in [6, 6.07) is 12.3. The summed E-state index contributed by atoms with van der Waals surface area (Å²) in [6.45, 7) is 16.4. The number of aromatic hydroxyl groups is 1. The fourth-order valence-corrected chi connectivity index (χ4v) is 10.8. The van der Waals surface area contributed by atoms with Crippen LogP contribution in [0.1, 0.15) is 65.1 Å². The van der Waals surface area contributed by atoms with Crippen LogP contribution in [-0.2, 0) is 59.6 Å². The molecule has 3 N–H and O–H groups in total. The van der Waals surface area contributed by atoms with Crippen LogP contribution in [-0.4, -0.2) is 167 Å². The maximum absolute atomic E-state index is 14.8. The summed E-state index contributed by atoms with van der Waals surface area (Å²) in [5.41, 5.74) is 8.22. The lowest BCUT2D eigenvalue weighted by Gasteiger charge is -2.37. The van der Waals surface area contributed by atoms with Crippen molar-refractivity contribution in [3.8, 4) is 40.1 Å². The summed E-state index contributed by atoms with van der Waals surface area (Å²) >= 11 is 0. The molecule has 0 spiro atoms. The molecule has 390 valence electrons. The summed E-state index contributed by atoms with van der Waals surface area (Å²) in [5.74, 6) is 3.71. The van der Waals surface area contributed by atoms with Gasteiger partial charge >= 0.3 is 5.97 Å². The number of carbonyl (C=O) groups is 5. The van der Waals surface area contributed by atoms with Crippen molar-refractivity contribution in [1.29, 1.82) is 0 Å². The molecular formula is C55H73N10O8+. The van der Waals surface area contributed by atoms with Crippen LogP contribution in [0.4, 0.5) is 0 Å². The van der Waals surface area contributed by atoms with Gasteiger partial charge in [0.25, 0.3) is 17.6 Å². The van der Waals surface area contributed by atoms with Gasteiger partial charge in [0.05, 0.1) is 43.4 Å². The van der Waals surface area contributed by atoms with Crippen molar-refractivity contribution in [3.63, 3.8) is 0 Å². The van der Waals surface area contributed by atoms with E-state index in [1.54, 1.807) is 37.4 Å². The molecule has 73 heavy (non-hydrogen) atoms. The van der Waals surface area contributed by atoms with Gasteiger partial charge in [0, 0.05) is 78.0 Å². The minimum Gasteiger partial charge on any atom is -0.508 e. The number of imidazole rings is 1. The Hall–Kier alpha value is -6.39. The Labute approximate surface area is 428 Å². The van der Waals surface area contributed by atoms with Crippen molar-refractivity contribution in [2.75, 3.05) is 80.2 Å². The van der Waals surface area contributed by atoms with Crippen LogP contribution in [0.25, 0.3) is 33.5 Å². The number of likely N-dealkylation sites (tertiary alicyclic amines) is 1. The number of esters is 1. The third-order valence-corrected chi connectivity index (χ3v) is 14.7. The minimum atomic E-state index is -1.18. The number of cyclic esters (lactones) is 1. The van der Waals surface area contributed by atoms with Crippen LogP contribution in [0.3, 0.4) is 0 Å². The number of amides is 4. The second-order valence-electron chi connectivity index (χ2n) is 21.3. The van der Waals surface area contributed by atoms with Crippen molar-refractivity contribution in [2.24, 2.45) is 17.3 Å². The highest BCUT2D eigenvalue weighted by Crippen LogP contribution is 2.34. The largest absolute Gasteiger partial charge is 0.508 e. The molecule has 18 heteroatoms. The smallest absolute Gasteiger partial charge is 0.324 e. The number of nitrogens with zero attached hydrogens (tertiary/aromatic N) is 8. The van der Waals surface area contributed by atoms with Gasteiger partial charge in [0.2, 0.25) is 11.8 Å². The Balaban J connectivity index is 1.10. The SMILES string of the molecule is CC[n+]1c(-c2cccnc2COC)n2c3cc(ccc31)-c1cc(O)cc(c1)C[C@H](NC(=O)[C@H](C(C)C)N(C)C(=O)[C@H]1CCN(C(=O)C#CCN3CCN(C)CC3)C1)C(=O)N1CCC[C@H](N1)C(=O)OCC(C)(C)C2. The molecule has 4 aliphatic rings. The highest BCUT2D eigenvalue weighted by atomic mass is 16.5. The Bertz CT molecular complexity index is 2770. The first-order valence-electron chi connectivity index (χ1n) is 25.8. The van der Waals surface area contributed by atoms with E-state index < -0.39 is 47.2 Å². The lowest BCUT2D eigenvalue weighted by atomic mass is 9.94. The van der Waals surface area contributed by atoms with Gasteiger partial charge in [-0.05, 0) is 104 Å². The number of rotatable bonds is 10. The zero-order chi connectivity index (χ0) is 52.1. The standard InChI is InChI=1S/C55H72N10O8/c1-9-63-46-17-16-38-31-47(46)64(51(63)42-13-10-19-56-45(42)33-72-8)34-55(4,5)35-73-54(71)43-14-11-21-65(58-43)53(70)44(29-37-27-40(38)30-41(66)28-37)57-50(68)49(36(2)3)60(7)52(69)39-18-22-62(32-39)48(67)15-12-20-61-25-23-59(6)24-26-61/h10,13,16-17,19,27-28,30-31,36,39,43-44,49,58H,9,11,14,18,20-26,29,32-35H2,1-8H3,(H-,57,66,68)/p+1/t39-,43-,44-,49-/m0/s1. The van der Waals surface area contributed by atoms with Crippen LogP contribution in [0.5, 0.6) is 5.75 Å². The number of phenols is 1. The molecule has 4 aliphatic heterocycles. The van der Waals surface area contributed by atoms with Crippen molar-refractivity contribution < 1.29 is 43.1 Å². The topological polar surface area (TPSA) is 186 Å². The zero-order valence-electron chi connectivity index (χ0n) is 43.8. The molecule has 6 heterocycles. The molecule has 4 atom stereocenters. The van der Waals surface area contributed by atoms with Crippen LogP contribution >= 0.6 is 0 Å². The first-order chi connectivity index (χ1) is 34.9. The average Bonchev–Trinajstić information content (AvgIpc) is 3.98. The predicted octanol–water partition coefficient (Wildman–Crippen LogP) is 3.22. The summed E-state index contributed by atoms with van der Waals surface area (Å²) < 4.78 is 16.2. The molecule has 4 amide bonds. The second kappa shape index (κ2) is 22.8. The van der Waals surface area contributed by atoms with Gasteiger partial charge in [0.1, 0.15) is 30.5 Å². The number of likely N-dealkylation sites (N-methyl/N-ethyl adjacent to an activating group) is 2. The minimum absolute atomic E-state index is 0.0192. The van der Waals surface area contributed by atoms with E-state index in [-0.39, 0.29) is 49.6 Å². The van der Waals surface area contributed by atoms with Gasteiger partial charge < -0.3 is 34.6 Å². The molecule has 3 fully saturated rings. The number of carbonyl (C=O) groups excluding carboxylic acids is 5. The van der Waals surface area contributed by atoms with Gasteiger partial charge in [-0.1, -0.05) is 39.7 Å². The lowest BCUT2D eigenvalue weighted by Crippen LogP contribution is -2.62. The van der Waals surface area contributed by atoms with Gasteiger partial charge in [-0.15, -0.1) is 0 Å². The first-order valence-corrected chi connectivity index (χ1v) is 25.8. The fourth-order valence-electron chi connectivity index (χ4n) is 10.8. The number of nitrogens with one attached hydrogen (secondary N) is 2. The van der Waals surface area contributed by atoms with Gasteiger partial charge in [-0.25, -0.2) is 14.6 Å². The van der Waals surface area contributed by atoms with E-state index >= 15 is 0 Å². The normalized spacial score (nSPS) is 21.3. The number of benzene rings is 2. The fraction of sp³-hybridized carbons (Fsp3) is 0.545. The number of aromatic nitrogens is 3. The number of ether oxygens (including phenoxy) is 2. The summed E-state index contributed by atoms with van der Waals surface area (Å²) in [7, 11) is 5.33. The highest BCUT2D eigenvalue weighted by Gasteiger charge is 2.41. The van der Waals surface area contributed by atoms with E-state index in [0.717, 1.165) is 59.9 Å². The molecule has 0 saturated carbocycles. The van der Waals surface area contributed by atoms with Crippen LogP contribution < -0.4 is 15.3 Å². The first kappa shape index (κ1) is 52.9. The number of piperazine rings is 1. The molecule has 6 bridgehead atoms. The van der Waals surface area contributed by atoms with Crippen molar-refractivity contribution in [3.05, 3.63) is 66.0 Å². The second-order valence-corrected chi connectivity index (χ2v) is 21.3. The van der Waals surface area contributed by atoms with Crippen molar-refractivity contribution in [1.82, 2.24) is 44.9 Å². The maximum Gasteiger partial charge on any atom is 0.324 e. The van der Waals surface area contributed by atoms with E-state index in [1.165, 1.54) is 9.91 Å². The van der Waals surface area contributed by atoms with E-state index in [9.17, 15) is 29.1 Å². The Morgan fingerprint density at radius 2 is 1.82 bits per heavy atom. The van der Waals surface area contributed by atoms with Crippen LogP contribution in [0.2, 0.25) is 0 Å². The molecule has 8 rings (SSSR count). The van der Waals surface area contributed by atoms with Gasteiger partial charge in [-0.2, -0.15) is 0 Å². The molecule has 3 saturated heterocycles. The Morgan fingerprint density at radius 1 is 1.04 bits per heavy atom. The van der Waals surface area contributed by atoms with Gasteiger partial charge in [-0.3, -0.25) is 38.9 Å². The van der Waals surface area contributed by atoms with Crippen molar-refractivity contribution in [2.45, 2.75) is 98.1 Å². The van der Waals surface area contributed by atoms with Crippen LogP contribution in [0, 0.1) is 29.1 Å². The Kier molecular flexibility index (Phi) is 16.5. The monoisotopic (exact) mass is 1000 g/mol. The van der Waals surface area contributed by atoms with E-state index in [4.69, 9.17) is 14.5 Å². The zero-order valence-corrected chi connectivity index (χ0v) is 43.8. The quantitative estimate of drug-likeness (QED) is 0.120. The number of phenolic OH excluding ortho intramolecular Hbond substituents is 1. The lowest BCUT2D eigenvalue weighted by molar-refractivity contribution is -0.657. The molecule has 0 aliphatic carbocycles. The molecule has 4 aromatic rings. The third-order valence-electron chi connectivity index (χ3n) is 14.7. The third kappa shape index (κ3) is 12.0. The summed E-state index contributed by atoms with van der Waals surface area (Å²) in [6.07, 6.45) is 3.10. The number of hydrogen-bond donors (Lipinski definition) is 3. The Morgan fingerprint density at radius 3 is 2.56 bits per heavy atom. The number of hydrazine groups is 1. The van der Waals surface area contributed by atoms with Crippen molar-refractivity contribution >= 4 is 40.6 Å². The molecule has 2 aromatic heterocycles.